The topological polar surface area (TPSA) is 57.2 Å². The number of hydrogen-bond donors (Lipinski definition) is 0. The fourth-order valence-electron chi connectivity index (χ4n) is 4.60. The van der Waals surface area contributed by atoms with Gasteiger partial charge < -0.3 is 18.9 Å². The molecule has 34 heavy (non-hydrogen) atoms. The van der Waals surface area contributed by atoms with Crippen molar-refractivity contribution in [3.05, 3.63) is 79.2 Å². The van der Waals surface area contributed by atoms with Crippen molar-refractivity contribution in [1.82, 2.24) is 4.90 Å². The summed E-state index contributed by atoms with van der Waals surface area (Å²) in [6.45, 7) is 4.53. The van der Waals surface area contributed by atoms with Gasteiger partial charge in [0.1, 0.15) is 24.0 Å². The minimum absolute atomic E-state index is 0.146. The Bertz CT molecular complexity index is 1320. The first-order valence-electron chi connectivity index (χ1n) is 11.1. The minimum atomic E-state index is -0.146. The van der Waals surface area contributed by atoms with Crippen molar-refractivity contribution in [2.45, 2.75) is 26.5 Å². The number of carbonyl (C=O) groups is 1. The van der Waals surface area contributed by atoms with Crippen LogP contribution >= 0.6 is 22.9 Å². The van der Waals surface area contributed by atoms with Crippen molar-refractivity contribution < 1.29 is 23.7 Å². The molecule has 2 aromatic carbocycles. The number of allylic oxidation sites excluding steroid dienone is 1. The SMILES string of the molecule is Cc1cc2c(c3c1C(=O)/C(=C/c1cc(Cl)cc4c1OCOC4)O3)CN(CCc1cccs1)CO2. The van der Waals surface area contributed by atoms with Crippen LogP contribution < -0.4 is 14.2 Å². The van der Waals surface area contributed by atoms with Crippen molar-refractivity contribution in [1.29, 1.82) is 0 Å². The molecule has 0 saturated heterocycles. The lowest BCUT2D eigenvalue weighted by atomic mass is 9.98. The number of carbonyl (C=O) groups excluding carboxylic acids is 1. The molecule has 6 nitrogen and oxygen atoms in total. The van der Waals surface area contributed by atoms with Crippen molar-refractivity contribution >= 4 is 34.8 Å². The first-order chi connectivity index (χ1) is 16.6. The molecule has 0 amide bonds. The van der Waals surface area contributed by atoms with Gasteiger partial charge in [0, 0.05) is 34.1 Å². The second kappa shape index (κ2) is 8.74. The maximum atomic E-state index is 13.4. The summed E-state index contributed by atoms with van der Waals surface area (Å²) in [4.78, 5) is 17.0. The van der Waals surface area contributed by atoms with Crippen LogP contribution in [0.5, 0.6) is 17.2 Å². The zero-order valence-corrected chi connectivity index (χ0v) is 20.1. The Kier molecular flexibility index (Phi) is 5.57. The molecule has 0 N–H and O–H groups in total. The van der Waals surface area contributed by atoms with E-state index < -0.39 is 0 Å². The molecule has 0 fully saturated rings. The molecule has 3 aliphatic rings. The van der Waals surface area contributed by atoms with Gasteiger partial charge in [0.15, 0.2) is 12.6 Å². The van der Waals surface area contributed by atoms with Crippen LogP contribution in [0, 0.1) is 6.92 Å². The number of ketones is 1. The number of aryl methyl sites for hydroxylation is 1. The third-order valence-corrected chi connectivity index (χ3v) is 7.39. The van der Waals surface area contributed by atoms with E-state index in [9.17, 15) is 4.79 Å². The lowest BCUT2D eigenvalue weighted by Crippen LogP contribution is -2.33. The van der Waals surface area contributed by atoms with E-state index in [0.29, 0.717) is 47.5 Å². The average Bonchev–Trinajstić information content (AvgIpc) is 3.46. The van der Waals surface area contributed by atoms with Gasteiger partial charge in [-0.1, -0.05) is 17.7 Å². The third kappa shape index (κ3) is 3.88. The Labute approximate surface area is 206 Å². The summed E-state index contributed by atoms with van der Waals surface area (Å²) in [7, 11) is 0. The van der Waals surface area contributed by atoms with Crippen LogP contribution in [-0.2, 0) is 24.3 Å². The Balaban J connectivity index is 1.32. The number of Topliss-reactive ketones (excluding diaryl/α,β-unsaturated/α-hetero) is 1. The van der Waals surface area contributed by atoms with Crippen LogP contribution in [0.4, 0.5) is 0 Å². The van der Waals surface area contributed by atoms with E-state index in [2.05, 4.69) is 22.4 Å². The summed E-state index contributed by atoms with van der Waals surface area (Å²) in [5.74, 6) is 2.14. The van der Waals surface area contributed by atoms with Crippen LogP contribution in [0.25, 0.3) is 6.08 Å². The normalized spacial score (nSPS) is 18.1. The van der Waals surface area contributed by atoms with Gasteiger partial charge in [-0.05, 0) is 54.6 Å². The Hall–Kier alpha value is -2.84. The predicted molar refractivity (Wildman–Crippen MR) is 130 cm³/mol. The molecule has 0 saturated carbocycles. The highest BCUT2D eigenvalue weighted by atomic mass is 35.5. The smallest absolute Gasteiger partial charge is 0.232 e. The predicted octanol–water partition coefficient (Wildman–Crippen LogP) is 5.59. The first kappa shape index (κ1) is 21.7. The van der Waals surface area contributed by atoms with Gasteiger partial charge in [0.2, 0.25) is 5.78 Å². The molecule has 4 heterocycles. The van der Waals surface area contributed by atoms with E-state index in [-0.39, 0.29) is 18.3 Å². The van der Waals surface area contributed by atoms with Crippen LogP contribution in [0.2, 0.25) is 5.02 Å². The number of ether oxygens (including phenoxy) is 4. The van der Waals surface area contributed by atoms with Gasteiger partial charge in [-0.15, -0.1) is 11.3 Å². The standard InChI is InChI=1S/C26H22ClNO5S/c1-15-7-21-20(11-28(13-31-21)5-4-19-3-2-6-34-19)26-23(15)24(29)22(33-26)10-16-8-18(27)9-17-12-30-14-32-25(16)17/h2-3,6-10H,4-5,11-14H2,1H3/b22-10-. The van der Waals surface area contributed by atoms with E-state index in [0.717, 1.165) is 35.4 Å². The van der Waals surface area contributed by atoms with Gasteiger partial charge in [0.25, 0.3) is 0 Å². The molecule has 0 unspecified atom stereocenters. The number of halogens is 1. The van der Waals surface area contributed by atoms with E-state index in [1.165, 1.54) is 4.88 Å². The van der Waals surface area contributed by atoms with Crippen molar-refractivity contribution in [3.63, 3.8) is 0 Å². The molecule has 1 aromatic heterocycles. The molecule has 0 atom stereocenters. The molecule has 3 aromatic rings. The maximum Gasteiger partial charge on any atom is 0.232 e. The second-order valence-corrected chi connectivity index (χ2v) is 10.0. The van der Waals surface area contributed by atoms with E-state index in [1.807, 2.05) is 19.1 Å². The Morgan fingerprint density at radius 3 is 2.97 bits per heavy atom. The number of benzene rings is 2. The van der Waals surface area contributed by atoms with E-state index >= 15 is 0 Å². The molecule has 3 aliphatic heterocycles. The highest BCUT2D eigenvalue weighted by molar-refractivity contribution is 7.09. The zero-order valence-electron chi connectivity index (χ0n) is 18.6. The molecule has 0 radical (unpaired) electrons. The van der Waals surface area contributed by atoms with Crippen LogP contribution in [0.15, 0.2) is 41.5 Å². The molecular formula is C26H22ClNO5S. The summed E-state index contributed by atoms with van der Waals surface area (Å²) in [6, 6.07) is 9.74. The first-order valence-corrected chi connectivity index (χ1v) is 12.3. The van der Waals surface area contributed by atoms with Crippen LogP contribution in [-0.4, -0.2) is 30.8 Å². The number of fused-ring (bicyclic) bond motifs is 4. The summed E-state index contributed by atoms with van der Waals surface area (Å²) in [5, 5.41) is 2.64. The average molecular weight is 496 g/mol. The van der Waals surface area contributed by atoms with Gasteiger partial charge in [-0.3, -0.25) is 9.69 Å². The molecular weight excluding hydrogens is 474 g/mol. The molecule has 174 valence electrons. The Morgan fingerprint density at radius 2 is 2.12 bits per heavy atom. The number of thiophene rings is 1. The summed E-state index contributed by atoms with van der Waals surface area (Å²) < 4.78 is 23.3. The second-order valence-electron chi connectivity index (χ2n) is 8.56. The molecule has 0 spiro atoms. The van der Waals surface area contributed by atoms with Gasteiger partial charge in [-0.2, -0.15) is 0 Å². The van der Waals surface area contributed by atoms with Crippen molar-refractivity contribution in [2.24, 2.45) is 0 Å². The monoisotopic (exact) mass is 495 g/mol. The molecule has 0 aliphatic carbocycles. The highest BCUT2D eigenvalue weighted by Crippen LogP contribution is 2.44. The highest BCUT2D eigenvalue weighted by Gasteiger charge is 2.35. The summed E-state index contributed by atoms with van der Waals surface area (Å²) in [5.41, 5.74) is 3.88. The fraction of sp³-hybridized carbons (Fsp3) is 0.269. The van der Waals surface area contributed by atoms with Crippen molar-refractivity contribution in [2.75, 3.05) is 20.1 Å². The third-order valence-electron chi connectivity index (χ3n) is 6.23. The maximum absolute atomic E-state index is 13.4. The van der Waals surface area contributed by atoms with E-state index in [1.54, 1.807) is 23.5 Å². The Morgan fingerprint density at radius 1 is 1.21 bits per heavy atom. The number of rotatable bonds is 4. The van der Waals surface area contributed by atoms with Gasteiger partial charge >= 0.3 is 0 Å². The van der Waals surface area contributed by atoms with Gasteiger partial charge in [0.05, 0.1) is 17.7 Å². The van der Waals surface area contributed by atoms with E-state index in [4.69, 9.17) is 30.5 Å². The summed E-state index contributed by atoms with van der Waals surface area (Å²) >= 11 is 8.07. The minimum Gasteiger partial charge on any atom is -0.478 e. The number of nitrogens with zero attached hydrogens (tertiary/aromatic N) is 1. The van der Waals surface area contributed by atoms with Crippen LogP contribution in [0.3, 0.4) is 0 Å². The van der Waals surface area contributed by atoms with Gasteiger partial charge in [-0.25, -0.2) is 0 Å². The quantitative estimate of drug-likeness (QED) is 0.440. The molecule has 6 rings (SSSR count). The zero-order chi connectivity index (χ0) is 23.2. The fourth-order valence-corrected chi connectivity index (χ4v) is 5.55. The lowest BCUT2D eigenvalue weighted by molar-refractivity contribution is -0.0165. The summed E-state index contributed by atoms with van der Waals surface area (Å²) in [6.07, 6.45) is 2.67. The molecule has 0 bridgehead atoms. The number of hydrogen-bond acceptors (Lipinski definition) is 7. The largest absolute Gasteiger partial charge is 0.478 e. The lowest BCUT2D eigenvalue weighted by Gasteiger charge is -2.30. The van der Waals surface area contributed by atoms with Crippen LogP contribution in [0.1, 0.15) is 37.5 Å². The molecule has 8 heteroatoms. The van der Waals surface area contributed by atoms with Crippen molar-refractivity contribution in [3.8, 4) is 17.2 Å².